The van der Waals surface area contributed by atoms with Crippen LogP contribution in [0.4, 0.5) is 10.1 Å². The number of carbonyl (C=O) groups is 1. The topological polar surface area (TPSA) is 77.8 Å². The van der Waals surface area contributed by atoms with Crippen LogP contribution in [-0.2, 0) is 0 Å². The summed E-state index contributed by atoms with van der Waals surface area (Å²) in [5.41, 5.74) is 2.41. The summed E-state index contributed by atoms with van der Waals surface area (Å²) in [6, 6.07) is 9.04. The van der Waals surface area contributed by atoms with Crippen LogP contribution in [0.1, 0.15) is 15.9 Å². The van der Waals surface area contributed by atoms with Gasteiger partial charge in [-0.1, -0.05) is 6.07 Å². The Bertz CT molecular complexity index is 895. The Kier molecular flexibility index (Phi) is 3.06. The third-order valence-corrected chi connectivity index (χ3v) is 3.22. The number of hydrogen-bond acceptors (Lipinski definition) is 2. The quantitative estimate of drug-likeness (QED) is 0.676. The molecule has 0 spiro atoms. The van der Waals surface area contributed by atoms with E-state index in [2.05, 4.69) is 15.3 Å². The second-order valence-corrected chi connectivity index (χ2v) is 4.75. The van der Waals surface area contributed by atoms with Crippen molar-refractivity contribution in [2.45, 2.75) is 6.92 Å². The second kappa shape index (κ2) is 4.90. The van der Waals surface area contributed by atoms with Crippen LogP contribution >= 0.6 is 0 Å². The van der Waals surface area contributed by atoms with Gasteiger partial charge in [-0.05, 0) is 42.8 Å². The number of aromatic amines is 2. The van der Waals surface area contributed by atoms with Gasteiger partial charge in [-0.3, -0.25) is 4.79 Å². The summed E-state index contributed by atoms with van der Waals surface area (Å²) in [5.74, 6) is -0.861. The van der Waals surface area contributed by atoms with Crippen molar-refractivity contribution in [3.63, 3.8) is 0 Å². The molecule has 106 valence electrons. The molecule has 5 nitrogen and oxygen atoms in total. The van der Waals surface area contributed by atoms with Gasteiger partial charge in [-0.2, -0.15) is 0 Å². The van der Waals surface area contributed by atoms with Gasteiger partial charge in [0.2, 0.25) is 0 Å². The lowest BCUT2D eigenvalue weighted by Crippen LogP contribution is -2.13. The van der Waals surface area contributed by atoms with Crippen LogP contribution in [0.2, 0.25) is 0 Å². The van der Waals surface area contributed by atoms with E-state index in [9.17, 15) is 14.0 Å². The molecule has 2 aromatic carbocycles. The van der Waals surface area contributed by atoms with Gasteiger partial charge in [0.15, 0.2) is 0 Å². The largest absolute Gasteiger partial charge is 0.323 e. The Morgan fingerprint density at radius 1 is 1.10 bits per heavy atom. The maximum Gasteiger partial charge on any atom is 0.323 e. The molecule has 0 saturated carbocycles. The first-order valence-electron chi connectivity index (χ1n) is 6.32. The SMILES string of the molecule is Cc1ccc(F)cc1C(=O)Nc1ccc2[nH]c(=O)[nH]c2c1. The number of fused-ring (bicyclic) bond motifs is 1. The fourth-order valence-corrected chi connectivity index (χ4v) is 2.15. The van der Waals surface area contributed by atoms with E-state index in [1.54, 1.807) is 31.2 Å². The Balaban J connectivity index is 1.92. The lowest BCUT2D eigenvalue weighted by Gasteiger charge is -2.08. The van der Waals surface area contributed by atoms with E-state index < -0.39 is 11.7 Å². The predicted molar refractivity (Wildman–Crippen MR) is 78.0 cm³/mol. The number of aryl methyl sites for hydroxylation is 1. The molecule has 3 N–H and O–H groups in total. The molecule has 1 heterocycles. The maximum absolute atomic E-state index is 13.2. The van der Waals surface area contributed by atoms with Crippen molar-refractivity contribution in [3.05, 3.63) is 63.8 Å². The Morgan fingerprint density at radius 2 is 1.86 bits per heavy atom. The van der Waals surface area contributed by atoms with Gasteiger partial charge in [-0.25, -0.2) is 9.18 Å². The summed E-state index contributed by atoms with van der Waals surface area (Å²) >= 11 is 0. The van der Waals surface area contributed by atoms with Crippen LogP contribution in [0.3, 0.4) is 0 Å². The van der Waals surface area contributed by atoms with Gasteiger partial charge in [0, 0.05) is 11.3 Å². The predicted octanol–water partition coefficient (Wildman–Crippen LogP) is 2.56. The molecule has 0 saturated heterocycles. The van der Waals surface area contributed by atoms with Crippen LogP contribution in [0.25, 0.3) is 11.0 Å². The molecule has 0 aliphatic heterocycles. The Morgan fingerprint density at radius 3 is 2.67 bits per heavy atom. The van der Waals surface area contributed by atoms with E-state index in [-0.39, 0.29) is 11.3 Å². The molecule has 6 heteroatoms. The van der Waals surface area contributed by atoms with Crippen molar-refractivity contribution < 1.29 is 9.18 Å². The number of anilines is 1. The lowest BCUT2D eigenvalue weighted by atomic mass is 10.1. The molecular formula is C15H12FN3O2. The summed E-state index contributed by atoms with van der Waals surface area (Å²) in [4.78, 5) is 28.6. The Hall–Kier alpha value is -2.89. The van der Waals surface area contributed by atoms with Gasteiger partial charge in [0.1, 0.15) is 5.82 Å². The van der Waals surface area contributed by atoms with E-state index in [1.807, 2.05) is 0 Å². The number of benzene rings is 2. The zero-order valence-electron chi connectivity index (χ0n) is 11.2. The first-order chi connectivity index (χ1) is 10.0. The maximum atomic E-state index is 13.2. The van der Waals surface area contributed by atoms with Crippen LogP contribution < -0.4 is 11.0 Å². The smallest absolute Gasteiger partial charge is 0.322 e. The number of hydrogen-bond donors (Lipinski definition) is 3. The lowest BCUT2D eigenvalue weighted by molar-refractivity contribution is 0.102. The molecule has 21 heavy (non-hydrogen) atoms. The van der Waals surface area contributed by atoms with Gasteiger partial charge < -0.3 is 15.3 Å². The highest BCUT2D eigenvalue weighted by atomic mass is 19.1. The molecule has 0 aliphatic rings. The fourth-order valence-electron chi connectivity index (χ4n) is 2.15. The summed E-state index contributed by atoms with van der Waals surface area (Å²) < 4.78 is 13.2. The van der Waals surface area contributed by atoms with E-state index >= 15 is 0 Å². The highest BCUT2D eigenvalue weighted by Crippen LogP contribution is 2.17. The minimum Gasteiger partial charge on any atom is -0.322 e. The van der Waals surface area contributed by atoms with E-state index in [0.717, 1.165) is 0 Å². The molecule has 0 atom stereocenters. The third-order valence-electron chi connectivity index (χ3n) is 3.22. The monoisotopic (exact) mass is 285 g/mol. The first-order valence-corrected chi connectivity index (χ1v) is 6.32. The molecule has 0 fully saturated rings. The molecule has 0 radical (unpaired) electrons. The summed E-state index contributed by atoms with van der Waals surface area (Å²) in [6.07, 6.45) is 0. The van der Waals surface area contributed by atoms with Crippen molar-refractivity contribution in [3.8, 4) is 0 Å². The van der Waals surface area contributed by atoms with E-state index in [0.29, 0.717) is 22.3 Å². The average molecular weight is 285 g/mol. The highest BCUT2D eigenvalue weighted by molar-refractivity contribution is 6.05. The van der Waals surface area contributed by atoms with Crippen molar-refractivity contribution in [1.29, 1.82) is 0 Å². The zero-order chi connectivity index (χ0) is 15.0. The standard InChI is InChI=1S/C15H12FN3O2/c1-8-2-3-9(16)6-11(8)14(20)17-10-4-5-12-13(7-10)19-15(21)18-12/h2-7H,1H3,(H,17,20)(H2,18,19,21). The van der Waals surface area contributed by atoms with E-state index in [1.165, 1.54) is 12.1 Å². The van der Waals surface area contributed by atoms with Gasteiger partial charge >= 0.3 is 5.69 Å². The molecule has 3 rings (SSSR count). The minimum atomic E-state index is -0.462. The molecule has 1 aromatic heterocycles. The minimum absolute atomic E-state index is 0.276. The molecule has 0 aliphatic carbocycles. The van der Waals surface area contributed by atoms with Crippen molar-refractivity contribution in [2.24, 2.45) is 0 Å². The van der Waals surface area contributed by atoms with Crippen LogP contribution in [0.5, 0.6) is 0 Å². The number of nitrogens with one attached hydrogen (secondary N) is 3. The van der Waals surface area contributed by atoms with E-state index in [4.69, 9.17) is 0 Å². The Labute approximate surface area is 118 Å². The highest BCUT2D eigenvalue weighted by Gasteiger charge is 2.11. The summed E-state index contributed by atoms with van der Waals surface area (Å²) in [6.45, 7) is 1.74. The number of rotatable bonds is 2. The average Bonchev–Trinajstić information content (AvgIpc) is 2.80. The second-order valence-electron chi connectivity index (χ2n) is 4.75. The number of halogens is 1. The van der Waals surface area contributed by atoms with Crippen molar-refractivity contribution in [2.75, 3.05) is 5.32 Å². The molecule has 1 amide bonds. The molecule has 3 aromatic rings. The molecule has 0 bridgehead atoms. The zero-order valence-corrected chi connectivity index (χ0v) is 11.2. The van der Waals surface area contributed by atoms with Gasteiger partial charge in [0.25, 0.3) is 5.91 Å². The number of aromatic nitrogens is 2. The number of imidazole rings is 1. The van der Waals surface area contributed by atoms with Crippen LogP contribution in [0.15, 0.2) is 41.2 Å². The fraction of sp³-hybridized carbons (Fsp3) is 0.0667. The van der Waals surface area contributed by atoms with Crippen LogP contribution in [0, 0.1) is 12.7 Å². The normalized spacial score (nSPS) is 10.8. The number of H-pyrrole nitrogens is 2. The van der Waals surface area contributed by atoms with Crippen LogP contribution in [-0.4, -0.2) is 15.9 Å². The molecular weight excluding hydrogens is 273 g/mol. The number of amides is 1. The van der Waals surface area contributed by atoms with Crippen molar-refractivity contribution >= 4 is 22.6 Å². The van der Waals surface area contributed by atoms with Gasteiger partial charge in [0.05, 0.1) is 11.0 Å². The third kappa shape index (κ3) is 2.55. The number of carbonyl (C=O) groups excluding carboxylic acids is 1. The van der Waals surface area contributed by atoms with Gasteiger partial charge in [-0.15, -0.1) is 0 Å². The first kappa shape index (κ1) is 13.1. The summed E-state index contributed by atoms with van der Waals surface area (Å²) in [7, 11) is 0. The molecule has 0 unspecified atom stereocenters. The van der Waals surface area contributed by atoms with Crippen molar-refractivity contribution in [1.82, 2.24) is 9.97 Å². The summed E-state index contributed by atoms with van der Waals surface area (Å²) in [5, 5.41) is 2.69.